The van der Waals surface area contributed by atoms with Gasteiger partial charge >= 0.3 is 0 Å². The Kier molecular flexibility index (Phi) is 1.93. The van der Waals surface area contributed by atoms with Crippen molar-refractivity contribution >= 4 is 17.7 Å². The van der Waals surface area contributed by atoms with E-state index >= 15 is 0 Å². The van der Waals surface area contributed by atoms with Gasteiger partial charge in [0.2, 0.25) is 0 Å². The fourth-order valence-electron chi connectivity index (χ4n) is 1.57. The van der Waals surface area contributed by atoms with Crippen molar-refractivity contribution in [1.82, 2.24) is 0 Å². The molecule has 0 bridgehead atoms. The lowest BCUT2D eigenvalue weighted by Gasteiger charge is -2.12. The van der Waals surface area contributed by atoms with Gasteiger partial charge in [-0.05, 0) is 37.0 Å². The Bertz CT molecular complexity index is 337. The summed E-state index contributed by atoms with van der Waals surface area (Å²) in [4.78, 5) is 0. The molecular formula is C11H11Cl. The molecule has 0 amide bonds. The van der Waals surface area contributed by atoms with Crippen LogP contribution in [0.2, 0.25) is 0 Å². The van der Waals surface area contributed by atoms with Gasteiger partial charge < -0.3 is 0 Å². The third-order valence-electron chi connectivity index (χ3n) is 2.25. The van der Waals surface area contributed by atoms with Crippen LogP contribution in [-0.2, 0) is 6.42 Å². The van der Waals surface area contributed by atoms with Crippen molar-refractivity contribution in [2.45, 2.75) is 19.8 Å². The Hall–Kier alpha value is -0.750. The maximum atomic E-state index is 5.96. The van der Waals surface area contributed by atoms with E-state index in [1.54, 1.807) is 0 Å². The standard InChI is InChI=1S/C11H11Cl/c1-8-2-3-9-4-5-11(12)7-10(9)6-8/h2-3,6-7H,4-5H2,1H3. The predicted molar refractivity (Wildman–Crippen MR) is 53.3 cm³/mol. The number of rotatable bonds is 0. The van der Waals surface area contributed by atoms with Gasteiger partial charge in [0, 0.05) is 5.03 Å². The van der Waals surface area contributed by atoms with Gasteiger partial charge in [0.1, 0.15) is 0 Å². The summed E-state index contributed by atoms with van der Waals surface area (Å²) in [6, 6.07) is 6.55. The first-order valence-corrected chi connectivity index (χ1v) is 4.59. The molecule has 62 valence electrons. The summed E-state index contributed by atoms with van der Waals surface area (Å²) in [6.07, 6.45) is 4.16. The minimum atomic E-state index is 0.980. The third-order valence-corrected chi connectivity index (χ3v) is 2.54. The van der Waals surface area contributed by atoms with Gasteiger partial charge in [-0.2, -0.15) is 0 Å². The first kappa shape index (κ1) is 7.88. The predicted octanol–water partition coefficient (Wildman–Crippen LogP) is 3.52. The number of halogens is 1. The number of hydrogen-bond donors (Lipinski definition) is 0. The van der Waals surface area contributed by atoms with Crippen LogP contribution in [-0.4, -0.2) is 0 Å². The fraction of sp³-hybridized carbons (Fsp3) is 0.273. The molecule has 0 atom stereocenters. The molecule has 12 heavy (non-hydrogen) atoms. The molecule has 0 saturated carbocycles. The van der Waals surface area contributed by atoms with Crippen molar-refractivity contribution in [3.63, 3.8) is 0 Å². The smallest absolute Gasteiger partial charge is 0.0190 e. The van der Waals surface area contributed by atoms with Gasteiger partial charge in [-0.15, -0.1) is 0 Å². The van der Waals surface area contributed by atoms with Gasteiger partial charge in [0.05, 0.1) is 0 Å². The summed E-state index contributed by atoms with van der Waals surface area (Å²) >= 11 is 5.96. The Morgan fingerprint density at radius 1 is 1.25 bits per heavy atom. The molecule has 0 fully saturated rings. The van der Waals surface area contributed by atoms with E-state index in [9.17, 15) is 0 Å². The first-order chi connectivity index (χ1) is 5.75. The van der Waals surface area contributed by atoms with E-state index in [1.165, 1.54) is 16.7 Å². The molecule has 0 unspecified atom stereocenters. The van der Waals surface area contributed by atoms with Crippen LogP contribution in [0.15, 0.2) is 23.2 Å². The van der Waals surface area contributed by atoms with Crippen LogP contribution in [0.25, 0.3) is 6.08 Å². The van der Waals surface area contributed by atoms with E-state index in [1.807, 2.05) is 0 Å². The molecular weight excluding hydrogens is 168 g/mol. The highest BCUT2D eigenvalue weighted by Crippen LogP contribution is 2.26. The highest BCUT2D eigenvalue weighted by Gasteiger charge is 2.07. The SMILES string of the molecule is Cc1ccc2c(c1)C=C(Cl)CC2. The number of allylic oxidation sites excluding steroid dienone is 1. The van der Waals surface area contributed by atoms with Crippen LogP contribution in [0.5, 0.6) is 0 Å². The van der Waals surface area contributed by atoms with Gasteiger partial charge in [-0.3, -0.25) is 0 Å². The zero-order valence-corrected chi connectivity index (χ0v) is 7.86. The Morgan fingerprint density at radius 2 is 2.08 bits per heavy atom. The van der Waals surface area contributed by atoms with Crippen molar-refractivity contribution in [1.29, 1.82) is 0 Å². The average molecular weight is 179 g/mol. The van der Waals surface area contributed by atoms with Gasteiger partial charge in [0.15, 0.2) is 0 Å². The van der Waals surface area contributed by atoms with E-state index in [2.05, 4.69) is 31.2 Å². The summed E-state index contributed by atoms with van der Waals surface area (Å²) < 4.78 is 0. The lowest BCUT2D eigenvalue weighted by molar-refractivity contribution is 0.969. The molecule has 0 radical (unpaired) electrons. The van der Waals surface area contributed by atoms with Crippen molar-refractivity contribution in [2.24, 2.45) is 0 Å². The quantitative estimate of drug-likeness (QED) is 0.570. The van der Waals surface area contributed by atoms with E-state index in [0.29, 0.717) is 0 Å². The van der Waals surface area contributed by atoms with Crippen molar-refractivity contribution in [3.8, 4) is 0 Å². The molecule has 0 heterocycles. The van der Waals surface area contributed by atoms with E-state index in [4.69, 9.17) is 11.6 Å². The second kappa shape index (κ2) is 2.95. The van der Waals surface area contributed by atoms with E-state index in [0.717, 1.165) is 17.9 Å². The Balaban J connectivity index is 2.53. The average Bonchev–Trinajstić information content (AvgIpc) is 2.03. The van der Waals surface area contributed by atoms with Crippen molar-refractivity contribution in [2.75, 3.05) is 0 Å². The molecule has 2 rings (SSSR count). The number of benzene rings is 1. The largest absolute Gasteiger partial charge is 0.0891 e. The van der Waals surface area contributed by atoms with Crippen LogP contribution in [0.3, 0.4) is 0 Å². The van der Waals surface area contributed by atoms with E-state index in [-0.39, 0.29) is 0 Å². The monoisotopic (exact) mass is 178 g/mol. The van der Waals surface area contributed by atoms with Crippen LogP contribution < -0.4 is 0 Å². The zero-order valence-electron chi connectivity index (χ0n) is 7.10. The van der Waals surface area contributed by atoms with Crippen LogP contribution in [0.1, 0.15) is 23.1 Å². The summed E-state index contributed by atoms with van der Waals surface area (Å²) in [7, 11) is 0. The molecule has 1 aliphatic rings. The second-order valence-corrected chi connectivity index (χ2v) is 3.78. The molecule has 1 aromatic rings. The highest BCUT2D eigenvalue weighted by atomic mass is 35.5. The minimum Gasteiger partial charge on any atom is -0.0891 e. The minimum absolute atomic E-state index is 0.980. The van der Waals surface area contributed by atoms with Gasteiger partial charge in [-0.1, -0.05) is 35.4 Å². The molecule has 1 aromatic carbocycles. The summed E-state index contributed by atoms with van der Waals surface area (Å²) in [5.41, 5.74) is 4.02. The molecule has 1 aliphatic carbocycles. The lowest BCUT2D eigenvalue weighted by Crippen LogP contribution is -1.96. The molecule has 0 nitrogen and oxygen atoms in total. The maximum absolute atomic E-state index is 5.96. The molecule has 1 heteroatoms. The van der Waals surface area contributed by atoms with Gasteiger partial charge in [0.25, 0.3) is 0 Å². The summed E-state index contributed by atoms with van der Waals surface area (Å²) in [6.45, 7) is 2.11. The third kappa shape index (κ3) is 1.39. The van der Waals surface area contributed by atoms with Gasteiger partial charge in [-0.25, -0.2) is 0 Å². The molecule has 0 aliphatic heterocycles. The maximum Gasteiger partial charge on any atom is 0.0190 e. The Labute approximate surface area is 77.9 Å². The van der Waals surface area contributed by atoms with Crippen LogP contribution >= 0.6 is 11.6 Å². The summed E-state index contributed by atoms with van der Waals surface area (Å²) in [5, 5.41) is 0.980. The highest BCUT2D eigenvalue weighted by molar-refractivity contribution is 6.31. The van der Waals surface area contributed by atoms with Crippen LogP contribution in [0, 0.1) is 6.92 Å². The molecule has 0 saturated heterocycles. The summed E-state index contributed by atoms with van der Waals surface area (Å²) in [5.74, 6) is 0. The lowest BCUT2D eigenvalue weighted by atomic mass is 9.96. The Morgan fingerprint density at radius 3 is 2.92 bits per heavy atom. The number of fused-ring (bicyclic) bond motifs is 1. The fourth-order valence-corrected chi connectivity index (χ4v) is 1.78. The van der Waals surface area contributed by atoms with Crippen molar-refractivity contribution < 1.29 is 0 Å². The second-order valence-electron chi connectivity index (χ2n) is 3.29. The number of hydrogen-bond acceptors (Lipinski definition) is 0. The zero-order chi connectivity index (χ0) is 8.55. The molecule has 0 N–H and O–H groups in total. The van der Waals surface area contributed by atoms with Crippen LogP contribution in [0.4, 0.5) is 0 Å². The van der Waals surface area contributed by atoms with E-state index < -0.39 is 0 Å². The first-order valence-electron chi connectivity index (χ1n) is 4.21. The topological polar surface area (TPSA) is 0 Å². The molecule has 0 spiro atoms. The van der Waals surface area contributed by atoms with Crippen molar-refractivity contribution in [3.05, 3.63) is 39.9 Å². The normalized spacial score (nSPS) is 15.3. The number of aryl methyl sites for hydroxylation is 2. The molecule has 0 aromatic heterocycles.